The first-order valence-corrected chi connectivity index (χ1v) is 10.2. The summed E-state index contributed by atoms with van der Waals surface area (Å²) < 4.78 is 57.8. The SMILES string of the molecule is Cc1cc2c(cc1S(=O)(=O)C(C)CC(=O)Nc1ccc(F)cc1F)OCC(=O)N2. The van der Waals surface area contributed by atoms with Crippen LogP contribution in [-0.4, -0.2) is 32.1 Å². The van der Waals surface area contributed by atoms with Gasteiger partial charge in [0.1, 0.15) is 17.4 Å². The van der Waals surface area contributed by atoms with Crippen LogP contribution in [0.5, 0.6) is 5.75 Å². The highest BCUT2D eigenvalue weighted by molar-refractivity contribution is 7.92. The zero-order valence-corrected chi connectivity index (χ0v) is 16.4. The highest BCUT2D eigenvalue weighted by Crippen LogP contribution is 2.34. The Morgan fingerprint density at radius 1 is 1.28 bits per heavy atom. The molecule has 29 heavy (non-hydrogen) atoms. The first-order valence-electron chi connectivity index (χ1n) is 8.64. The molecule has 0 aliphatic carbocycles. The first kappa shape index (κ1) is 20.7. The van der Waals surface area contributed by atoms with E-state index in [-0.39, 0.29) is 28.8 Å². The van der Waals surface area contributed by atoms with Gasteiger partial charge in [-0.1, -0.05) is 0 Å². The fourth-order valence-electron chi connectivity index (χ4n) is 2.90. The van der Waals surface area contributed by atoms with Gasteiger partial charge < -0.3 is 15.4 Å². The van der Waals surface area contributed by atoms with Crippen molar-refractivity contribution >= 4 is 33.0 Å². The molecule has 1 atom stereocenters. The number of hydrogen-bond acceptors (Lipinski definition) is 5. The topological polar surface area (TPSA) is 102 Å². The molecular weight excluding hydrogens is 406 g/mol. The molecule has 1 aliphatic rings. The van der Waals surface area contributed by atoms with Gasteiger partial charge in [0.05, 0.1) is 21.5 Å². The van der Waals surface area contributed by atoms with Gasteiger partial charge >= 0.3 is 0 Å². The standard InChI is InChI=1S/C19H18F2N2O5S/c1-10-5-15-16(28-9-19(25)23-15)8-17(10)29(26,27)11(2)6-18(24)22-14-4-3-12(20)7-13(14)21/h3-5,7-8,11H,6,9H2,1-2H3,(H,22,24)(H,23,25). The van der Waals surface area contributed by atoms with Gasteiger partial charge in [-0.3, -0.25) is 9.59 Å². The van der Waals surface area contributed by atoms with Crippen molar-refractivity contribution in [1.82, 2.24) is 0 Å². The first-order chi connectivity index (χ1) is 13.6. The summed E-state index contributed by atoms with van der Waals surface area (Å²) in [5.74, 6) is -2.61. The quantitative estimate of drug-likeness (QED) is 0.769. The molecule has 1 unspecified atom stereocenters. The van der Waals surface area contributed by atoms with Crippen molar-refractivity contribution in [3.8, 4) is 5.75 Å². The summed E-state index contributed by atoms with van der Waals surface area (Å²) in [4.78, 5) is 23.6. The maximum atomic E-state index is 13.7. The van der Waals surface area contributed by atoms with Crippen LogP contribution in [0.2, 0.25) is 0 Å². The van der Waals surface area contributed by atoms with Crippen molar-refractivity contribution in [3.05, 3.63) is 47.5 Å². The average molecular weight is 424 g/mol. The minimum atomic E-state index is -3.93. The predicted octanol–water partition coefficient (Wildman–Crippen LogP) is 2.80. The van der Waals surface area contributed by atoms with E-state index in [1.165, 1.54) is 19.1 Å². The molecule has 0 radical (unpaired) electrons. The zero-order valence-electron chi connectivity index (χ0n) is 15.6. The number of ether oxygens (including phenoxy) is 1. The minimum absolute atomic E-state index is 0.0272. The monoisotopic (exact) mass is 424 g/mol. The van der Waals surface area contributed by atoms with Crippen LogP contribution in [-0.2, 0) is 19.4 Å². The predicted molar refractivity (Wildman–Crippen MR) is 102 cm³/mol. The maximum Gasteiger partial charge on any atom is 0.262 e. The third-order valence-corrected chi connectivity index (χ3v) is 6.70. The van der Waals surface area contributed by atoms with E-state index in [1.54, 1.807) is 6.92 Å². The molecular formula is C19H18F2N2O5S. The lowest BCUT2D eigenvalue weighted by atomic mass is 10.2. The highest BCUT2D eigenvalue weighted by Gasteiger charge is 2.30. The maximum absolute atomic E-state index is 13.7. The second-order valence-electron chi connectivity index (χ2n) is 6.68. The van der Waals surface area contributed by atoms with E-state index in [1.807, 2.05) is 0 Å². The number of amides is 2. The van der Waals surface area contributed by atoms with Crippen molar-refractivity contribution in [2.45, 2.75) is 30.4 Å². The van der Waals surface area contributed by atoms with Crippen LogP contribution in [0.1, 0.15) is 18.9 Å². The molecule has 154 valence electrons. The lowest BCUT2D eigenvalue weighted by molar-refractivity contribution is -0.118. The van der Waals surface area contributed by atoms with Gasteiger partial charge in [0.25, 0.3) is 5.91 Å². The molecule has 3 rings (SSSR count). The molecule has 0 aromatic heterocycles. The Kier molecular flexibility index (Phi) is 5.56. The van der Waals surface area contributed by atoms with Crippen LogP contribution in [0.15, 0.2) is 35.2 Å². The molecule has 0 spiro atoms. The summed E-state index contributed by atoms with van der Waals surface area (Å²) in [5, 5.41) is 3.71. The smallest absolute Gasteiger partial charge is 0.262 e. The Labute approximate surface area is 166 Å². The molecule has 1 aliphatic heterocycles. The lowest BCUT2D eigenvalue weighted by Gasteiger charge is -2.21. The number of aryl methyl sites for hydroxylation is 1. The Balaban J connectivity index is 1.78. The summed E-state index contributed by atoms with van der Waals surface area (Å²) >= 11 is 0. The molecule has 7 nitrogen and oxygen atoms in total. The van der Waals surface area contributed by atoms with Gasteiger partial charge in [0.2, 0.25) is 5.91 Å². The van der Waals surface area contributed by atoms with E-state index >= 15 is 0 Å². The number of sulfone groups is 1. The van der Waals surface area contributed by atoms with E-state index in [9.17, 15) is 26.8 Å². The van der Waals surface area contributed by atoms with Gasteiger partial charge in [-0.25, -0.2) is 17.2 Å². The van der Waals surface area contributed by atoms with Crippen LogP contribution in [0, 0.1) is 18.6 Å². The lowest BCUT2D eigenvalue weighted by Crippen LogP contribution is -2.27. The summed E-state index contributed by atoms with van der Waals surface area (Å²) in [7, 11) is -3.93. The van der Waals surface area contributed by atoms with Crippen LogP contribution in [0.25, 0.3) is 0 Å². The fraction of sp³-hybridized carbons (Fsp3) is 0.263. The molecule has 0 saturated carbocycles. The van der Waals surface area contributed by atoms with Gasteiger partial charge in [0, 0.05) is 18.6 Å². The highest BCUT2D eigenvalue weighted by atomic mass is 32.2. The van der Waals surface area contributed by atoms with Crippen molar-refractivity contribution in [1.29, 1.82) is 0 Å². The molecule has 1 heterocycles. The molecule has 0 saturated heterocycles. The number of rotatable bonds is 5. The molecule has 0 bridgehead atoms. The molecule has 2 amide bonds. The largest absolute Gasteiger partial charge is 0.482 e. The molecule has 2 N–H and O–H groups in total. The summed E-state index contributed by atoms with van der Waals surface area (Å²) in [6, 6.07) is 5.45. The summed E-state index contributed by atoms with van der Waals surface area (Å²) in [5.41, 5.74) is 0.511. The van der Waals surface area contributed by atoms with Crippen LogP contribution in [0.4, 0.5) is 20.2 Å². The normalized spacial score (nSPS) is 14.4. The number of anilines is 2. The molecule has 0 fully saturated rings. The van der Waals surface area contributed by atoms with Crippen LogP contribution < -0.4 is 15.4 Å². The van der Waals surface area contributed by atoms with E-state index in [0.29, 0.717) is 17.3 Å². The van der Waals surface area contributed by atoms with E-state index in [4.69, 9.17) is 4.74 Å². The second kappa shape index (κ2) is 7.78. The molecule has 10 heteroatoms. The number of fused-ring (bicyclic) bond motifs is 1. The van der Waals surface area contributed by atoms with Crippen LogP contribution in [0.3, 0.4) is 0 Å². The molecule has 2 aromatic carbocycles. The van der Waals surface area contributed by atoms with Gasteiger partial charge in [0.15, 0.2) is 16.4 Å². The fourth-order valence-corrected chi connectivity index (χ4v) is 4.49. The number of hydrogen-bond donors (Lipinski definition) is 2. The van der Waals surface area contributed by atoms with Gasteiger partial charge in [-0.05, 0) is 37.6 Å². The van der Waals surface area contributed by atoms with Crippen molar-refractivity contribution in [2.75, 3.05) is 17.2 Å². The number of carbonyl (C=O) groups excluding carboxylic acids is 2. The second-order valence-corrected chi connectivity index (χ2v) is 9.02. The average Bonchev–Trinajstić information content (AvgIpc) is 2.63. The minimum Gasteiger partial charge on any atom is -0.482 e. The third-order valence-electron chi connectivity index (χ3n) is 4.42. The Hall–Kier alpha value is -3.01. The van der Waals surface area contributed by atoms with Crippen LogP contribution >= 0.6 is 0 Å². The van der Waals surface area contributed by atoms with Crippen molar-refractivity contribution in [2.24, 2.45) is 0 Å². The van der Waals surface area contributed by atoms with E-state index in [2.05, 4.69) is 10.6 Å². The van der Waals surface area contributed by atoms with Crippen molar-refractivity contribution in [3.63, 3.8) is 0 Å². The van der Waals surface area contributed by atoms with E-state index in [0.717, 1.165) is 12.1 Å². The third kappa shape index (κ3) is 4.37. The zero-order chi connectivity index (χ0) is 21.3. The van der Waals surface area contributed by atoms with Gasteiger partial charge in [-0.15, -0.1) is 0 Å². The Morgan fingerprint density at radius 2 is 2.00 bits per heavy atom. The Bertz CT molecular complexity index is 1100. The van der Waals surface area contributed by atoms with E-state index < -0.39 is 39.0 Å². The number of carbonyl (C=O) groups is 2. The number of nitrogens with one attached hydrogen (secondary N) is 2. The summed E-state index contributed by atoms with van der Waals surface area (Å²) in [6.07, 6.45) is -0.437. The number of halogens is 2. The van der Waals surface area contributed by atoms with Gasteiger partial charge in [-0.2, -0.15) is 0 Å². The number of benzene rings is 2. The Morgan fingerprint density at radius 3 is 2.69 bits per heavy atom. The molecule has 2 aromatic rings. The summed E-state index contributed by atoms with van der Waals surface area (Å²) in [6.45, 7) is 2.70. The van der Waals surface area contributed by atoms with Crippen molar-refractivity contribution < 1.29 is 31.5 Å².